The zero-order chi connectivity index (χ0) is 17.3. The second-order valence-corrected chi connectivity index (χ2v) is 6.90. The summed E-state index contributed by atoms with van der Waals surface area (Å²) in [5.74, 6) is 0.423. The van der Waals surface area contributed by atoms with Crippen LogP contribution in [-0.4, -0.2) is 53.3 Å². The lowest BCUT2D eigenvalue weighted by Crippen LogP contribution is -2.43. The van der Waals surface area contributed by atoms with E-state index in [0.29, 0.717) is 5.82 Å². The van der Waals surface area contributed by atoms with Crippen molar-refractivity contribution in [3.63, 3.8) is 0 Å². The van der Waals surface area contributed by atoms with Gasteiger partial charge in [-0.05, 0) is 38.3 Å². The zero-order valence-corrected chi connectivity index (χ0v) is 14.0. The lowest BCUT2D eigenvalue weighted by Gasteiger charge is -2.32. The average Bonchev–Trinajstić information content (AvgIpc) is 3.16. The second-order valence-electron chi connectivity index (χ2n) is 6.49. The molecule has 0 bridgehead atoms. The molecule has 0 aromatic carbocycles. The van der Waals surface area contributed by atoms with Gasteiger partial charge >= 0.3 is 6.18 Å². The summed E-state index contributed by atoms with van der Waals surface area (Å²) in [5.41, 5.74) is -0.827. The van der Waals surface area contributed by atoms with Crippen molar-refractivity contribution in [2.24, 2.45) is 0 Å². The van der Waals surface area contributed by atoms with Gasteiger partial charge < -0.3 is 10.0 Å². The van der Waals surface area contributed by atoms with Gasteiger partial charge in [0.1, 0.15) is 5.82 Å². The Labute approximate surface area is 144 Å². The largest absolute Gasteiger partial charge is 0.417 e. The Morgan fingerprint density at radius 1 is 1.21 bits per heavy atom. The van der Waals surface area contributed by atoms with E-state index in [2.05, 4.69) is 9.88 Å². The van der Waals surface area contributed by atoms with Crippen LogP contribution < -0.4 is 4.90 Å². The number of anilines is 1. The number of aliphatic hydroxyl groups excluding tert-OH is 1. The molecule has 24 heavy (non-hydrogen) atoms. The number of halogens is 4. The fourth-order valence-corrected chi connectivity index (χ4v) is 3.99. The summed E-state index contributed by atoms with van der Waals surface area (Å²) < 4.78 is 38.3. The Kier molecular flexibility index (Phi) is 5.22. The molecule has 0 aliphatic carbocycles. The monoisotopic (exact) mass is 363 g/mol. The summed E-state index contributed by atoms with van der Waals surface area (Å²) >= 11 is 6.10. The van der Waals surface area contributed by atoms with Gasteiger partial charge in [0.25, 0.3) is 0 Å². The first kappa shape index (κ1) is 17.8. The van der Waals surface area contributed by atoms with Crippen molar-refractivity contribution in [2.75, 3.05) is 31.1 Å². The quantitative estimate of drug-likeness (QED) is 0.892. The van der Waals surface area contributed by atoms with Gasteiger partial charge in [-0.3, -0.25) is 4.90 Å². The summed E-state index contributed by atoms with van der Waals surface area (Å²) in [4.78, 5) is 8.27. The van der Waals surface area contributed by atoms with Gasteiger partial charge in [-0.1, -0.05) is 11.6 Å². The third-order valence-electron chi connectivity index (χ3n) is 4.95. The molecule has 134 valence electrons. The summed E-state index contributed by atoms with van der Waals surface area (Å²) in [6.07, 6.45) is 0.376. The normalized spacial score (nSPS) is 25.6. The third-order valence-corrected chi connectivity index (χ3v) is 5.23. The van der Waals surface area contributed by atoms with Crippen molar-refractivity contribution in [2.45, 2.75) is 43.9 Å². The van der Waals surface area contributed by atoms with Crippen LogP contribution in [0.25, 0.3) is 0 Å². The Morgan fingerprint density at radius 2 is 1.92 bits per heavy atom. The minimum absolute atomic E-state index is 0.0388. The summed E-state index contributed by atoms with van der Waals surface area (Å²) in [6.45, 7) is 2.61. The highest BCUT2D eigenvalue weighted by atomic mass is 35.5. The molecule has 0 amide bonds. The maximum absolute atomic E-state index is 12.8. The lowest BCUT2D eigenvalue weighted by atomic mass is 10.1. The Balaban J connectivity index is 1.76. The first-order chi connectivity index (χ1) is 11.4. The van der Waals surface area contributed by atoms with Crippen LogP contribution in [0, 0.1) is 0 Å². The van der Waals surface area contributed by atoms with Crippen molar-refractivity contribution < 1.29 is 18.3 Å². The first-order valence-corrected chi connectivity index (χ1v) is 8.62. The van der Waals surface area contributed by atoms with Crippen molar-refractivity contribution in [1.29, 1.82) is 0 Å². The van der Waals surface area contributed by atoms with Crippen LogP contribution in [0.5, 0.6) is 0 Å². The molecule has 1 N–H and O–H groups in total. The van der Waals surface area contributed by atoms with Crippen LogP contribution in [0.15, 0.2) is 12.3 Å². The highest BCUT2D eigenvalue weighted by Crippen LogP contribution is 2.36. The van der Waals surface area contributed by atoms with E-state index in [1.54, 1.807) is 0 Å². The van der Waals surface area contributed by atoms with Gasteiger partial charge in [0.05, 0.1) is 17.2 Å². The van der Waals surface area contributed by atoms with Gasteiger partial charge in [-0.25, -0.2) is 4.98 Å². The summed E-state index contributed by atoms with van der Waals surface area (Å²) in [6, 6.07) is 1.30. The number of aliphatic hydroxyl groups is 1. The maximum atomic E-state index is 12.8. The molecular weight excluding hydrogens is 343 g/mol. The molecule has 1 aromatic rings. The SMILES string of the molecule is OC[C@H]1CCCN1C[C@H]1CCCN1c1ncc(C(F)(F)F)cc1Cl. The number of likely N-dealkylation sites (tertiary alicyclic amines) is 1. The number of hydrogen-bond acceptors (Lipinski definition) is 4. The topological polar surface area (TPSA) is 39.6 Å². The maximum Gasteiger partial charge on any atom is 0.417 e. The molecule has 2 aliphatic heterocycles. The standard InChI is InChI=1S/C16H21ClF3N3O/c17-14-7-11(16(18,19)20)8-21-15(14)23-6-2-3-12(23)9-22-5-1-4-13(22)10-24/h7-8,12-13,24H,1-6,9-10H2/t12-,13-/m1/s1. The van der Waals surface area contributed by atoms with Gasteiger partial charge in [-0.2, -0.15) is 13.2 Å². The van der Waals surface area contributed by atoms with Gasteiger partial charge in [-0.15, -0.1) is 0 Å². The molecule has 4 nitrogen and oxygen atoms in total. The van der Waals surface area contributed by atoms with Crippen molar-refractivity contribution in [3.05, 3.63) is 22.8 Å². The molecule has 2 saturated heterocycles. The number of rotatable bonds is 4. The van der Waals surface area contributed by atoms with E-state index < -0.39 is 11.7 Å². The zero-order valence-electron chi connectivity index (χ0n) is 13.3. The number of alkyl halides is 3. The predicted molar refractivity (Wildman–Crippen MR) is 86.3 cm³/mol. The molecule has 2 atom stereocenters. The molecule has 2 aliphatic rings. The number of hydrogen-bond donors (Lipinski definition) is 1. The first-order valence-electron chi connectivity index (χ1n) is 8.24. The molecule has 0 unspecified atom stereocenters. The van der Waals surface area contributed by atoms with E-state index in [9.17, 15) is 18.3 Å². The number of aromatic nitrogens is 1. The van der Waals surface area contributed by atoms with Crippen LogP contribution in [0.2, 0.25) is 5.02 Å². The van der Waals surface area contributed by atoms with Gasteiger partial charge in [0, 0.05) is 31.4 Å². The fraction of sp³-hybridized carbons (Fsp3) is 0.688. The van der Waals surface area contributed by atoms with E-state index in [-0.39, 0.29) is 23.7 Å². The molecule has 0 saturated carbocycles. The molecule has 0 spiro atoms. The molecule has 2 fully saturated rings. The molecule has 0 radical (unpaired) electrons. The summed E-state index contributed by atoms with van der Waals surface area (Å²) in [7, 11) is 0. The van der Waals surface area contributed by atoms with Gasteiger partial charge in [0.2, 0.25) is 0 Å². The lowest BCUT2D eigenvalue weighted by molar-refractivity contribution is -0.137. The highest BCUT2D eigenvalue weighted by molar-refractivity contribution is 6.33. The molecule has 3 heterocycles. The second kappa shape index (κ2) is 7.06. The Hall–Kier alpha value is -1.05. The third kappa shape index (κ3) is 3.63. The van der Waals surface area contributed by atoms with E-state index in [4.69, 9.17) is 11.6 Å². The minimum Gasteiger partial charge on any atom is -0.395 e. The smallest absolute Gasteiger partial charge is 0.395 e. The van der Waals surface area contributed by atoms with Crippen LogP contribution in [0.1, 0.15) is 31.2 Å². The van der Waals surface area contributed by atoms with E-state index in [0.717, 1.165) is 57.6 Å². The number of pyridine rings is 1. The van der Waals surface area contributed by atoms with Crippen molar-refractivity contribution in [3.8, 4) is 0 Å². The van der Waals surface area contributed by atoms with E-state index >= 15 is 0 Å². The van der Waals surface area contributed by atoms with Gasteiger partial charge in [0.15, 0.2) is 0 Å². The molecular formula is C16H21ClF3N3O. The molecule has 1 aromatic heterocycles. The fourth-order valence-electron chi connectivity index (χ4n) is 3.71. The van der Waals surface area contributed by atoms with E-state index in [1.165, 1.54) is 0 Å². The minimum atomic E-state index is -4.44. The van der Waals surface area contributed by atoms with Crippen molar-refractivity contribution in [1.82, 2.24) is 9.88 Å². The van der Waals surface area contributed by atoms with Crippen LogP contribution in [0.3, 0.4) is 0 Å². The summed E-state index contributed by atoms with van der Waals surface area (Å²) in [5, 5.41) is 9.49. The van der Waals surface area contributed by atoms with E-state index in [1.807, 2.05) is 4.90 Å². The van der Waals surface area contributed by atoms with Crippen molar-refractivity contribution >= 4 is 17.4 Å². The predicted octanol–water partition coefficient (Wildman–Crippen LogP) is 3.18. The van der Waals surface area contributed by atoms with Crippen LogP contribution in [0.4, 0.5) is 19.0 Å². The average molecular weight is 364 g/mol. The molecule has 3 rings (SSSR count). The Bertz CT molecular complexity index is 584. The Morgan fingerprint density at radius 3 is 2.58 bits per heavy atom. The van der Waals surface area contributed by atoms with Crippen LogP contribution in [-0.2, 0) is 6.18 Å². The molecule has 8 heteroatoms. The number of nitrogens with zero attached hydrogens (tertiary/aromatic N) is 3. The van der Waals surface area contributed by atoms with Crippen LogP contribution >= 0.6 is 11.6 Å². The highest BCUT2D eigenvalue weighted by Gasteiger charge is 2.35.